The van der Waals surface area contributed by atoms with Crippen molar-refractivity contribution in [3.05, 3.63) is 29.8 Å². The number of benzene rings is 1. The number of rotatable bonds is 5. The normalized spacial score (nSPS) is 10.6. The second kappa shape index (κ2) is 6.64. The Morgan fingerprint density at radius 3 is 2.74 bits per heavy atom. The molecule has 0 atom stereocenters. The number of halogens is 3. The van der Waals surface area contributed by atoms with Crippen molar-refractivity contribution in [3.63, 3.8) is 0 Å². The Bertz CT molecular complexity index is 480. The van der Waals surface area contributed by atoms with Crippen LogP contribution >= 0.6 is 0 Å². The van der Waals surface area contributed by atoms with Crippen molar-refractivity contribution in [2.45, 2.75) is 12.6 Å². The molecule has 1 amide bonds. The molecule has 0 saturated carbocycles. The molecule has 2 N–H and O–H groups in total. The summed E-state index contributed by atoms with van der Waals surface area (Å²) in [5.74, 6) is -0.332. The highest BCUT2D eigenvalue weighted by Crippen LogP contribution is 2.30. The van der Waals surface area contributed by atoms with Crippen molar-refractivity contribution in [2.24, 2.45) is 0 Å². The van der Waals surface area contributed by atoms with E-state index in [0.29, 0.717) is 5.69 Å². The number of nitriles is 1. The van der Waals surface area contributed by atoms with E-state index in [1.807, 2.05) is 0 Å². The maximum atomic E-state index is 12.4. The molecule has 0 heterocycles. The summed E-state index contributed by atoms with van der Waals surface area (Å²) in [6, 6.07) is 6.49. The molecule has 0 fully saturated rings. The molecule has 0 aliphatic carbocycles. The Kier molecular flexibility index (Phi) is 5.18. The Morgan fingerprint density at radius 2 is 2.11 bits per heavy atom. The van der Waals surface area contributed by atoms with E-state index in [9.17, 15) is 18.0 Å². The Balaban J connectivity index is 2.46. The molecule has 0 unspecified atom stereocenters. The number of carbonyl (C=O) groups excluding carboxylic acids is 1. The molecular formula is C12H12F3N3O. The molecule has 1 aromatic carbocycles. The number of hydrogen-bond acceptors (Lipinski definition) is 3. The van der Waals surface area contributed by atoms with Gasteiger partial charge in [-0.2, -0.15) is 18.4 Å². The van der Waals surface area contributed by atoms with Crippen LogP contribution in [0.1, 0.15) is 12.0 Å². The number of nitrogens with zero attached hydrogens (tertiary/aromatic N) is 1. The average Bonchev–Trinajstić information content (AvgIpc) is 2.36. The van der Waals surface area contributed by atoms with Crippen LogP contribution in [0.25, 0.3) is 0 Å². The fraction of sp³-hybridized carbons (Fsp3) is 0.333. The lowest BCUT2D eigenvalue weighted by Crippen LogP contribution is -2.25. The van der Waals surface area contributed by atoms with Gasteiger partial charge in [0.05, 0.1) is 11.6 Å². The molecule has 0 aliphatic rings. The predicted octanol–water partition coefficient (Wildman–Crippen LogP) is 2.15. The molecule has 1 aromatic rings. The fourth-order valence-electron chi connectivity index (χ4n) is 1.35. The highest BCUT2D eigenvalue weighted by atomic mass is 19.4. The minimum absolute atomic E-state index is 0.0810. The molecule has 19 heavy (non-hydrogen) atoms. The summed E-state index contributed by atoms with van der Waals surface area (Å²) in [6.07, 6.45) is -4.31. The van der Waals surface area contributed by atoms with Gasteiger partial charge in [0.2, 0.25) is 5.91 Å². The van der Waals surface area contributed by atoms with Crippen molar-refractivity contribution >= 4 is 11.6 Å². The Labute approximate surface area is 108 Å². The first-order valence-electron chi connectivity index (χ1n) is 5.48. The molecule has 0 saturated heterocycles. The van der Waals surface area contributed by atoms with Crippen molar-refractivity contribution < 1.29 is 18.0 Å². The van der Waals surface area contributed by atoms with Crippen LogP contribution in [0.5, 0.6) is 0 Å². The van der Waals surface area contributed by atoms with Gasteiger partial charge in [0.15, 0.2) is 0 Å². The zero-order valence-corrected chi connectivity index (χ0v) is 9.92. The maximum Gasteiger partial charge on any atom is 0.416 e. The lowest BCUT2D eigenvalue weighted by molar-refractivity contribution is -0.137. The number of hydrogen-bond donors (Lipinski definition) is 2. The molecule has 0 aromatic heterocycles. The SMILES string of the molecule is N#CCNC(=O)CCNc1cccc(C(F)(F)F)c1. The standard InChI is InChI=1S/C12H12F3N3O/c13-12(14,15)9-2-1-3-10(8-9)17-6-4-11(19)18-7-5-16/h1-3,8,17H,4,6-7H2,(H,18,19). The van der Waals surface area contributed by atoms with Crippen LogP contribution in [-0.4, -0.2) is 19.0 Å². The van der Waals surface area contributed by atoms with Gasteiger partial charge < -0.3 is 10.6 Å². The van der Waals surface area contributed by atoms with Crippen LogP contribution in [0.15, 0.2) is 24.3 Å². The van der Waals surface area contributed by atoms with Crippen molar-refractivity contribution in [2.75, 3.05) is 18.4 Å². The Morgan fingerprint density at radius 1 is 1.37 bits per heavy atom. The van der Waals surface area contributed by atoms with E-state index in [2.05, 4.69) is 10.6 Å². The van der Waals surface area contributed by atoms with E-state index < -0.39 is 11.7 Å². The van der Waals surface area contributed by atoms with Gasteiger partial charge in [0.1, 0.15) is 6.54 Å². The second-order valence-corrected chi connectivity index (χ2v) is 3.69. The monoisotopic (exact) mass is 271 g/mol. The first kappa shape index (κ1) is 14.8. The molecule has 0 spiro atoms. The number of amides is 1. The number of carbonyl (C=O) groups is 1. The zero-order chi connectivity index (χ0) is 14.3. The highest BCUT2D eigenvalue weighted by Gasteiger charge is 2.30. The van der Waals surface area contributed by atoms with Crippen molar-refractivity contribution in [1.29, 1.82) is 5.26 Å². The average molecular weight is 271 g/mol. The molecule has 102 valence electrons. The first-order chi connectivity index (χ1) is 8.93. The van der Waals surface area contributed by atoms with Crippen LogP contribution in [0, 0.1) is 11.3 Å². The zero-order valence-electron chi connectivity index (χ0n) is 9.92. The maximum absolute atomic E-state index is 12.4. The van der Waals surface area contributed by atoms with E-state index in [-0.39, 0.29) is 25.4 Å². The lowest BCUT2D eigenvalue weighted by atomic mass is 10.2. The molecular weight excluding hydrogens is 259 g/mol. The van der Waals surface area contributed by atoms with Crippen molar-refractivity contribution in [1.82, 2.24) is 5.32 Å². The molecule has 0 aliphatic heterocycles. The van der Waals surface area contributed by atoms with Gasteiger partial charge in [-0.05, 0) is 18.2 Å². The number of alkyl halides is 3. The van der Waals surface area contributed by atoms with E-state index in [1.54, 1.807) is 6.07 Å². The van der Waals surface area contributed by atoms with Crippen LogP contribution in [0.2, 0.25) is 0 Å². The minimum Gasteiger partial charge on any atom is -0.385 e. The summed E-state index contributed by atoms with van der Waals surface area (Å²) in [5, 5.41) is 13.3. The van der Waals surface area contributed by atoms with Gasteiger partial charge in [0.25, 0.3) is 0 Å². The topological polar surface area (TPSA) is 64.9 Å². The number of nitrogens with one attached hydrogen (secondary N) is 2. The third kappa shape index (κ3) is 5.29. The van der Waals surface area contributed by atoms with Gasteiger partial charge >= 0.3 is 6.18 Å². The van der Waals surface area contributed by atoms with E-state index in [1.165, 1.54) is 12.1 Å². The van der Waals surface area contributed by atoms with Crippen molar-refractivity contribution in [3.8, 4) is 6.07 Å². The van der Waals surface area contributed by atoms with Crippen LogP contribution in [-0.2, 0) is 11.0 Å². The molecule has 7 heteroatoms. The van der Waals surface area contributed by atoms with Crippen LogP contribution in [0.4, 0.5) is 18.9 Å². The Hall–Kier alpha value is -2.23. The molecule has 0 bridgehead atoms. The van der Waals surface area contributed by atoms with E-state index >= 15 is 0 Å². The molecule has 4 nitrogen and oxygen atoms in total. The summed E-state index contributed by atoms with van der Waals surface area (Å²) in [7, 11) is 0. The largest absolute Gasteiger partial charge is 0.416 e. The van der Waals surface area contributed by atoms with Crippen LogP contribution < -0.4 is 10.6 Å². The highest BCUT2D eigenvalue weighted by molar-refractivity contribution is 5.76. The summed E-state index contributed by atoms with van der Waals surface area (Å²) in [5.41, 5.74) is -0.450. The molecule has 0 radical (unpaired) electrons. The van der Waals surface area contributed by atoms with E-state index in [0.717, 1.165) is 12.1 Å². The van der Waals surface area contributed by atoms with Gasteiger partial charge in [-0.15, -0.1) is 0 Å². The molecule has 1 rings (SSSR count). The minimum atomic E-state index is -4.39. The first-order valence-corrected chi connectivity index (χ1v) is 5.48. The number of anilines is 1. The second-order valence-electron chi connectivity index (χ2n) is 3.69. The third-order valence-electron chi connectivity index (χ3n) is 2.24. The predicted molar refractivity (Wildman–Crippen MR) is 63.2 cm³/mol. The van der Waals surface area contributed by atoms with Gasteiger partial charge in [-0.25, -0.2) is 0 Å². The lowest BCUT2D eigenvalue weighted by Gasteiger charge is -2.10. The summed E-state index contributed by atoms with van der Waals surface area (Å²) in [6.45, 7) is 0.112. The van der Waals surface area contributed by atoms with Gasteiger partial charge in [-0.3, -0.25) is 4.79 Å². The van der Waals surface area contributed by atoms with Gasteiger partial charge in [-0.1, -0.05) is 6.07 Å². The third-order valence-corrected chi connectivity index (χ3v) is 2.24. The summed E-state index contributed by atoms with van der Waals surface area (Å²) in [4.78, 5) is 11.1. The van der Waals surface area contributed by atoms with E-state index in [4.69, 9.17) is 5.26 Å². The van der Waals surface area contributed by atoms with Gasteiger partial charge in [0, 0.05) is 18.7 Å². The summed E-state index contributed by atoms with van der Waals surface area (Å²) >= 11 is 0. The quantitative estimate of drug-likeness (QED) is 0.806. The fourth-order valence-corrected chi connectivity index (χ4v) is 1.35. The smallest absolute Gasteiger partial charge is 0.385 e. The summed E-state index contributed by atoms with van der Waals surface area (Å²) < 4.78 is 37.3. The van der Waals surface area contributed by atoms with Crippen LogP contribution in [0.3, 0.4) is 0 Å².